The van der Waals surface area contributed by atoms with Crippen molar-refractivity contribution in [1.29, 1.82) is 0 Å². The van der Waals surface area contributed by atoms with Crippen molar-refractivity contribution in [1.82, 2.24) is 0 Å². The van der Waals surface area contributed by atoms with E-state index < -0.39 is 12.1 Å². The van der Waals surface area contributed by atoms with E-state index in [0.29, 0.717) is 25.7 Å². The molecule has 0 bridgehead atoms. The van der Waals surface area contributed by atoms with Crippen molar-refractivity contribution < 1.29 is 28.6 Å². The molecule has 324 valence electrons. The van der Waals surface area contributed by atoms with E-state index in [0.717, 1.165) is 77.0 Å². The molecule has 0 N–H and O–H groups in total. The molecule has 0 aromatic rings. The standard InChI is InChI=1S/C53H76O6/c1-4-7-10-13-16-19-22-25-26-29-31-34-37-40-43-46-52(55)58-49-50(59-53(56)47-44-41-38-35-32-28-24-21-18-15-12-9-6-3)48-57-51(54)45-42-39-36-33-30-27-23-20-17-14-11-8-5-2/h7-26,28-29,31-32,35,38,50H,4-6,27,30,33-34,36-37,39-49H2,1-3H3/b10-7+,11-8+,12-9+,16-13+,17-14+,18-15+,22-19+,23-20+,24-21+,26-25+,31-29+,32-28+,38-35+. The van der Waals surface area contributed by atoms with Gasteiger partial charge in [0.2, 0.25) is 0 Å². The Kier molecular flexibility index (Phi) is 41.9. The number of rotatable bonds is 36. The molecule has 0 radical (unpaired) electrons. The summed E-state index contributed by atoms with van der Waals surface area (Å²) in [4.78, 5) is 37.7. The van der Waals surface area contributed by atoms with Gasteiger partial charge in [0, 0.05) is 19.3 Å². The molecule has 0 heterocycles. The number of hydrogen-bond donors (Lipinski definition) is 0. The highest BCUT2D eigenvalue weighted by Gasteiger charge is 2.19. The summed E-state index contributed by atoms with van der Waals surface area (Å²) >= 11 is 0. The lowest BCUT2D eigenvalue weighted by Gasteiger charge is -2.18. The maximum atomic E-state index is 12.7. The fraction of sp³-hybridized carbons (Fsp3) is 0.453. The molecule has 0 rings (SSSR count). The number of carbonyl (C=O) groups excluding carboxylic acids is 3. The first kappa shape index (κ1) is 54.0. The van der Waals surface area contributed by atoms with Crippen LogP contribution in [0.2, 0.25) is 0 Å². The maximum absolute atomic E-state index is 12.7. The third-order valence-corrected chi connectivity index (χ3v) is 8.33. The Morgan fingerprint density at radius 3 is 1.02 bits per heavy atom. The molecule has 0 amide bonds. The van der Waals surface area contributed by atoms with Gasteiger partial charge in [-0.2, -0.15) is 0 Å². The molecule has 1 atom stereocenters. The minimum atomic E-state index is -0.848. The van der Waals surface area contributed by atoms with E-state index in [1.807, 2.05) is 115 Å². The van der Waals surface area contributed by atoms with E-state index >= 15 is 0 Å². The number of carbonyl (C=O) groups is 3. The predicted octanol–water partition coefficient (Wildman–Crippen LogP) is 14.3. The normalized spacial score (nSPS) is 13.6. The fourth-order valence-corrected chi connectivity index (χ4v) is 5.08. The quantitative estimate of drug-likeness (QED) is 0.0271. The predicted molar refractivity (Wildman–Crippen MR) is 251 cm³/mol. The van der Waals surface area contributed by atoms with E-state index in [-0.39, 0.29) is 38.0 Å². The van der Waals surface area contributed by atoms with Crippen LogP contribution in [0, 0.1) is 0 Å². The number of esters is 3. The van der Waals surface area contributed by atoms with E-state index in [2.05, 4.69) is 63.3 Å². The first-order valence-electron chi connectivity index (χ1n) is 22.2. The molecule has 1 unspecified atom stereocenters. The zero-order chi connectivity index (χ0) is 43.0. The summed E-state index contributed by atoms with van der Waals surface area (Å²) < 4.78 is 16.6. The molecule has 0 aliphatic carbocycles. The molecule has 0 aromatic heterocycles. The summed E-state index contributed by atoms with van der Waals surface area (Å²) in [7, 11) is 0. The topological polar surface area (TPSA) is 78.9 Å². The largest absolute Gasteiger partial charge is 0.462 e. The van der Waals surface area contributed by atoms with Gasteiger partial charge in [0.1, 0.15) is 13.2 Å². The van der Waals surface area contributed by atoms with E-state index in [1.54, 1.807) is 0 Å². The van der Waals surface area contributed by atoms with Gasteiger partial charge in [0.15, 0.2) is 6.10 Å². The third-order valence-electron chi connectivity index (χ3n) is 8.33. The molecule has 0 fully saturated rings. The zero-order valence-corrected chi connectivity index (χ0v) is 36.7. The van der Waals surface area contributed by atoms with Crippen LogP contribution in [-0.4, -0.2) is 37.2 Å². The number of hydrogen-bond acceptors (Lipinski definition) is 6. The molecule has 6 nitrogen and oxygen atoms in total. The summed E-state index contributed by atoms with van der Waals surface area (Å²) in [5.74, 6) is -1.10. The van der Waals surface area contributed by atoms with Crippen molar-refractivity contribution >= 4 is 17.9 Å². The molecule has 59 heavy (non-hydrogen) atoms. The lowest BCUT2D eigenvalue weighted by molar-refractivity contribution is -0.167. The van der Waals surface area contributed by atoms with Gasteiger partial charge in [-0.25, -0.2) is 0 Å². The molecular weight excluding hydrogens is 733 g/mol. The minimum Gasteiger partial charge on any atom is -0.462 e. The van der Waals surface area contributed by atoms with Crippen LogP contribution >= 0.6 is 0 Å². The maximum Gasteiger partial charge on any atom is 0.306 e. The van der Waals surface area contributed by atoms with Crippen LogP contribution in [0.4, 0.5) is 0 Å². The summed E-state index contributed by atoms with van der Waals surface area (Å²) in [6, 6.07) is 0. The Hall–Kier alpha value is -4.97. The Bertz CT molecular complexity index is 1440. The first-order valence-corrected chi connectivity index (χ1v) is 22.2. The smallest absolute Gasteiger partial charge is 0.306 e. The molecule has 0 aliphatic heterocycles. The van der Waals surface area contributed by atoms with Crippen LogP contribution in [0.5, 0.6) is 0 Å². The van der Waals surface area contributed by atoms with Crippen molar-refractivity contribution in [3.05, 3.63) is 158 Å². The van der Waals surface area contributed by atoms with Crippen molar-refractivity contribution in [3.8, 4) is 0 Å². The molecule has 0 saturated heterocycles. The SMILES string of the molecule is CC/C=C/C=C/C=C/C=C/C=C/CCCCCC(=O)OCC(COC(=O)CCCCCCC/C=C/C=C/C=C/CC)OC(=O)CCC/C=C/C=C/C=C/C=C/C=C/CC. The summed E-state index contributed by atoms with van der Waals surface area (Å²) in [6.45, 7) is 6.04. The van der Waals surface area contributed by atoms with E-state index in [4.69, 9.17) is 14.2 Å². The minimum absolute atomic E-state index is 0.140. The summed E-state index contributed by atoms with van der Waals surface area (Å²) in [5.41, 5.74) is 0. The van der Waals surface area contributed by atoms with Gasteiger partial charge in [-0.05, 0) is 70.6 Å². The Morgan fingerprint density at radius 2 is 0.627 bits per heavy atom. The van der Waals surface area contributed by atoms with Crippen LogP contribution in [0.25, 0.3) is 0 Å². The van der Waals surface area contributed by atoms with Gasteiger partial charge in [-0.1, -0.05) is 204 Å². The van der Waals surface area contributed by atoms with Crippen LogP contribution < -0.4 is 0 Å². The first-order chi connectivity index (χ1) is 29.0. The Balaban J connectivity index is 4.66. The molecule has 0 spiro atoms. The van der Waals surface area contributed by atoms with Gasteiger partial charge in [0.05, 0.1) is 0 Å². The Labute approximate surface area is 359 Å². The van der Waals surface area contributed by atoms with Crippen molar-refractivity contribution in [2.75, 3.05) is 13.2 Å². The van der Waals surface area contributed by atoms with E-state index in [9.17, 15) is 14.4 Å². The van der Waals surface area contributed by atoms with Crippen molar-refractivity contribution in [2.45, 2.75) is 142 Å². The second-order valence-electron chi connectivity index (χ2n) is 13.8. The van der Waals surface area contributed by atoms with E-state index in [1.165, 1.54) is 0 Å². The van der Waals surface area contributed by atoms with Gasteiger partial charge >= 0.3 is 17.9 Å². The lowest BCUT2D eigenvalue weighted by atomic mass is 10.1. The highest BCUT2D eigenvalue weighted by Crippen LogP contribution is 2.11. The molecule has 0 saturated carbocycles. The second-order valence-corrected chi connectivity index (χ2v) is 13.8. The number of ether oxygens (including phenoxy) is 3. The number of allylic oxidation sites excluding steroid dienone is 26. The monoisotopic (exact) mass is 809 g/mol. The second kappa shape index (κ2) is 45.7. The molecule has 0 aromatic carbocycles. The van der Waals surface area contributed by atoms with Crippen LogP contribution in [-0.2, 0) is 28.6 Å². The lowest BCUT2D eigenvalue weighted by Crippen LogP contribution is -2.30. The van der Waals surface area contributed by atoms with Crippen LogP contribution in [0.15, 0.2) is 158 Å². The Morgan fingerprint density at radius 1 is 0.339 bits per heavy atom. The van der Waals surface area contributed by atoms with Crippen molar-refractivity contribution in [2.24, 2.45) is 0 Å². The van der Waals surface area contributed by atoms with Gasteiger partial charge in [-0.15, -0.1) is 0 Å². The van der Waals surface area contributed by atoms with Crippen molar-refractivity contribution in [3.63, 3.8) is 0 Å². The third kappa shape index (κ3) is 44.0. The highest BCUT2D eigenvalue weighted by atomic mass is 16.6. The summed E-state index contributed by atoms with van der Waals surface area (Å²) in [6.07, 6.45) is 66.6. The van der Waals surface area contributed by atoms with Gasteiger partial charge < -0.3 is 14.2 Å². The molecular formula is C53H76O6. The average molecular weight is 809 g/mol. The van der Waals surface area contributed by atoms with Crippen LogP contribution in [0.3, 0.4) is 0 Å². The molecule has 0 aliphatic rings. The molecule has 6 heteroatoms. The van der Waals surface area contributed by atoms with Gasteiger partial charge in [-0.3, -0.25) is 14.4 Å². The van der Waals surface area contributed by atoms with Crippen LogP contribution in [0.1, 0.15) is 136 Å². The van der Waals surface area contributed by atoms with Gasteiger partial charge in [0.25, 0.3) is 0 Å². The zero-order valence-electron chi connectivity index (χ0n) is 36.7. The summed E-state index contributed by atoms with van der Waals surface area (Å²) in [5, 5.41) is 0. The fourth-order valence-electron chi connectivity index (χ4n) is 5.08. The average Bonchev–Trinajstić information content (AvgIpc) is 3.23. The number of unbranched alkanes of at least 4 members (excludes halogenated alkanes) is 9. The highest BCUT2D eigenvalue weighted by molar-refractivity contribution is 5.71.